The quantitative estimate of drug-likeness (QED) is 0.484. The van der Waals surface area contributed by atoms with Gasteiger partial charge >= 0.3 is 5.97 Å². The molecule has 46 valence electrons. The van der Waals surface area contributed by atoms with Crippen LogP contribution in [0.1, 0.15) is 13.8 Å². The molecule has 8 heavy (non-hydrogen) atoms. The second-order valence-electron chi connectivity index (χ2n) is 1.61. The number of rotatable bonds is 1. The van der Waals surface area contributed by atoms with Crippen LogP contribution in [0.2, 0.25) is 0 Å². The highest BCUT2D eigenvalue weighted by Crippen LogP contribution is 1.94. The number of nitrogens with two attached hydrogens (primary N) is 1. The predicted molar refractivity (Wildman–Crippen MR) is 30.2 cm³/mol. The molecule has 0 amide bonds. The maximum atomic E-state index is 10.0. The maximum Gasteiger partial charge on any atom is 0.333 e. The Labute approximate surface area is 47.8 Å². The van der Waals surface area contributed by atoms with Crippen molar-refractivity contribution in [3.05, 3.63) is 11.3 Å². The number of hydrogen-bond acceptors (Lipinski definition) is 2. The summed E-state index contributed by atoms with van der Waals surface area (Å²) in [7, 11) is 0. The molecule has 0 atom stereocenters. The molecule has 0 saturated heterocycles. The van der Waals surface area contributed by atoms with Gasteiger partial charge in [-0.3, -0.25) is 0 Å². The van der Waals surface area contributed by atoms with Crippen molar-refractivity contribution >= 4 is 5.97 Å². The molecule has 0 radical (unpaired) electrons. The summed E-state index contributed by atoms with van der Waals surface area (Å²) in [4.78, 5) is 10.0. The fourth-order valence-corrected chi connectivity index (χ4v) is 0.169. The first kappa shape index (κ1) is 7.01. The SMILES string of the molecule is CC(N)=C(C)C(=O)O. The van der Waals surface area contributed by atoms with Crippen LogP contribution < -0.4 is 5.73 Å². The zero-order valence-corrected chi connectivity index (χ0v) is 4.93. The van der Waals surface area contributed by atoms with Gasteiger partial charge in [-0.2, -0.15) is 0 Å². The van der Waals surface area contributed by atoms with Gasteiger partial charge in [0.25, 0.3) is 0 Å². The van der Waals surface area contributed by atoms with Crippen molar-refractivity contribution in [1.82, 2.24) is 0 Å². The minimum Gasteiger partial charge on any atom is -0.478 e. The summed E-state index contributed by atoms with van der Waals surface area (Å²) < 4.78 is 0. The van der Waals surface area contributed by atoms with E-state index in [1.807, 2.05) is 0 Å². The van der Waals surface area contributed by atoms with Gasteiger partial charge in [0.05, 0.1) is 5.57 Å². The lowest BCUT2D eigenvalue weighted by molar-refractivity contribution is -0.132. The lowest BCUT2D eigenvalue weighted by Crippen LogP contribution is -2.04. The van der Waals surface area contributed by atoms with Crippen LogP contribution in [0, 0.1) is 0 Å². The third-order valence-corrected chi connectivity index (χ3v) is 0.912. The lowest BCUT2D eigenvalue weighted by atomic mass is 10.2. The molecule has 0 fully saturated rings. The first-order valence-electron chi connectivity index (χ1n) is 2.22. The van der Waals surface area contributed by atoms with Gasteiger partial charge in [0, 0.05) is 5.70 Å². The summed E-state index contributed by atoms with van der Waals surface area (Å²) in [5.74, 6) is -0.954. The third kappa shape index (κ3) is 1.64. The first-order valence-corrected chi connectivity index (χ1v) is 2.22. The molecule has 0 aromatic carbocycles. The van der Waals surface area contributed by atoms with Crippen molar-refractivity contribution in [3.63, 3.8) is 0 Å². The van der Waals surface area contributed by atoms with E-state index in [1.165, 1.54) is 6.92 Å². The standard InChI is InChI=1S/C5H9NO2/c1-3(4(2)6)5(7)8/h6H2,1-2H3,(H,7,8). The van der Waals surface area contributed by atoms with Crippen LogP contribution in [-0.4, -0.2) is 11.1 Å². The normalized spacial score (nSPS) is 12.8. The highest BCUT2D eigenvalue weighted by Gasteiger charge is 1.99. The van der Waals surface area contributed by atoms with Gasteiger partial charge in [0.15, 0.2) is 0 Å². The second-order valence-corrected chi connectivity index (χ2v) is 1.61. The third-order valence-electron chi connectivity index (χ3n) is 0.912. The Bertz CT molecular complexity index is 133. The van der Waals surface area contributed by atoms with Gasteiger partial charge in [-0.1, -0.05) is 0 Å². The number of aliphatic carboxylic acids is 1. The monoisotopic (exact) mass is 115 g/mol. The fourth-order valence-electron chi connectivity index (χ4n) is 0.169. The number of carbonyl (C=O) groups is 1. The Morgan fingerprint density at radius 1 is 1.50 bits per heavy atom. The van der Waals surface area contributed by atoms with Crippen LogP contribution in [0.25, 0.3) is 0 Å². The average molecular weight is 115 g/mol. The van der Waals surface area contributed by atoms with E-state index in [9.17, 15) is 4.79 Å². The largest absolute Gasteiger partial charge is 0.478 e. The summed E-state index contributed by atoms with van der Waals surface area (Å²) >= 11 is 0. The molecule has 0 aliphatic carbocycles. The Morgan fingerprint density at radius 2 is 1.88 bits per heavy atom. The molecule has 0 aliphatic rings. The van der Waals surface area contributed by atoms with E-state index < -0.39 is 5.97 Å². The van der Waals surface area contributed by atoms with E-state index in [2.05, 4.69) is 0 Å². The van der Waals surface area contributed by atoms with E-state index in [4.69, 9.17) is 10.8 Å². The van der Waals surface area contributed by atoms with Crippen molar-refractivity contribution < 1.29 is 9.90 Å². The van der Waals surface area contributed by atoms with E-state index >= 15 is 0 Å². The van der Waals surface area contributed by atoms with Crippen molar-refractivity contribution in [2.75, 3.05) is 0 Å². The maximum absolute atomic E-state index is 10.0. The van der Waals surface area contributed by atoms with Crippen LogP contribution >= 0.6 is 0 Å². The van der Waals surface area contributed by atoms with Gasteiger partial charge in [-0.05, 0) is 13.8 Å². The summed E-state index contributed by atoms with van der Waals surface area (Å²) in [5.41, 5.74) is 5.71. The van der Waals surface area contributed by atoms with Gasteiger partial charge < -0.3 is 10.8 Å². The Kier molecular flexibility index (Phi) is 2.06. The van der Waals surface area contributed by atoms with E-state index in [-0.39, 0.29) is 5.57 Å². The molecule has 0 aliphatic heterocycles. The summed E-state index contributed by atoms with van der Waals surface area (Å²) in [6, 6.07) is 0. The minimum absolute atomic E-state index is 0.213. The van der Waals surface area contributed by atoms with Crippen LogP contribution in [0.4, 0.5) is 0 Å². The highest BCUT2D eigenvalue weighted by molar-refractivity contribution is 5.86. The Balaban J connectivity index is 4.23. The zero-order valence-electron chi connectivity index (χ0n) is 4.93. The molecule has 3 heteroatoms. The molecule has 0 rings (SSSR count). The minimum atomic E-state index is -0.954. The molecular formula is C5H9NO2. The molecule has 0 unspecified atom stereocenters. The predicted octanol–water partition coefficient (Wildman–Crippen LogP) is 0.324. The summed E-state index contributed by atoms with van der Waals surface area (Å²) in [6.07, 6.45) is 0. The molecule has 3 nitrogen and oxygen atoms in total. The van der Waals surface area contributed by atoms with Gasteiger partial charge in [0.1, 0.15) is 0 Å². The molecule has 0 heterocycles. The van der Waals surface area contributed by atoms with Gasteiger partial charge in [-0.25, -0.2) is 4.79 Å². The smallest absolute Gasteiger partial charge is 0.333 e. The van der Waals surface area contributed by atoms with E-state index in [0.29, 0.717) is 5.70 Å². The van der Waals surface area contributed by atoms with E-state index in [1.54, 1.807) is 6.92 Å². The molecule has 0 bridgehead atoms. The van der Waals surface area contributed by atoms with Crippen molar-refractivity contribution in [2.24, 2.45) is 5.73 Å². The van der Waals surface area contributed by atoms with Crippen molar-refractivity contribution in [1.29, 1.82) is 0 Å². The molecule has 0 saturated carbocycles. The van der Waals surface area contributed by atoms with Crippen molar-refractivity contribution in [3.8, 4) is 0 Å². The summed E-state index contributed by atoms with van der Waals surface area (Å²) in [6.45, 7) is 3.03. The lowest BCUT2D eigenvalue weighted by Gasteiger charge is -1.92. The van der Waals surface area contributed by atoms with E-state index in [0.717, 1.165) is 0 Å². The summed E-state index contributed by atoms with van der Waals surface area (Å²) in [5, 5.41) is 8.21. The van der Waals surface area contributed by atoms with Crippen LogP contribution in [0.5, 0.6) is 0 Å². The van der Waals surface area contributed by atoms with Crippen LogP contribution in [0.15, 0.2) is 11.3 Å². The first-order chi connectivity index (χ1) is 3.55. The molecule has 0 spiro atoms. The van der Waals surface area contributed by atoms with Crippen LogP contribution in [0.3, 0.4) is 0 Å². The average Bonchev–Trinajstić information content (AvgIpc) is 1.64. The number of hydrogen-bond donors (Lipinski definition) is 2. The Hall–Kier alpha value is -0.990. The fraction of sp³-hybridized carbons (Fsp3) is 0.400. The number of carboxylic acid groups (broad SMARTS) is 1. The Morgan fingerprint density at radius 3 is 1.88 bits per heavy atom. The molecule has 0 aromatic heterocycles. The van der Waals surface area contributed by atoms with Gasteiger partial charge in [0.2, 0.25) is 0 Å². The second kappa shape index (κ2) is 2.35. The zero-order chi connectivity index (χ0) is 6.73. The van der Waals surface area contributed by atoms with Gasteiger partial charge in [-0.15, -0.1) is 0 Å². The highest BCUT2D eigenvalue weighted by atomic mass is 16.4. The molecule has 0 aromatic rings. The topological polar surface area (TPSA) is 63.3 Å². The number of carboxylic acids is 1. The number of allylic oxidation sites excluding steroid dienone is 1. The van der Waals surface area contributed by atoms with Crippen LogP contribution in [-0.2, 0) is 4.79 Å². The molecular weight excluding hydrogens is 106 g/mol. The molecule has 3 N–H and O–H groups in total. The van der Waals surface area contributed by atoms with Crippen molar-refractivity contribution in [2.45, 2.75) is 13.8 Å².